The third-order valence-electron chi connectivity index (χ3n) is 6.39. The fraction of sp³-hybridized carbons (Fsp3) is 0.500. The van der Waals surface area contributed by atoms with Crippen molar-refractivity contribution in [2.45, 2.75) is 71.8 Å². The van der Waals surface area contributed by atoms with E-state index in [1.807, 2.05) is 19.2 Å². The minimum atomic E-state index is 0.252. The average Bonchev–Trinajstić information content (AvgIpc) is 3.46. The van der Waals surface area contributed by atoms with Crippen molar-refractivity contribution < 1.29 is 4.79 Å². The predicted octanol–water partition coefficient (Wildman–Crippen LogP) is 5.36. The van der Waals surface area contributed by atoms with Gasteiger partial charge in [0.2, 0.25) is 0 Å². The summed E-state index contributed by atoms with van der Waals surface area (Å²) in [5, 5.41) is 5.98. The maximum absolute atomic E-state index is 12.7. The molecule has 3 heterocycles. The molecule has 0 aliphatic heterocycles. The van der Waals surface area contributed by atoms with Gasteiger partial charge in [-0.2, -0.15) is 5.10 Å². The smallest absolute Gasteiger partial charge is 0.142 e. The number of nitrogens with zero attached hydrogens (tertiary/aromatic N) is 4. The first kappa shape index (κ1) is 19.6. The molecule has 0 spiro atoms. The van der Waals surface area contributed by atoms with Gasteiger partial charge in [0.1, 0.15) is 10.8 Å². The summed E-state index contributed by atoms with van der Waals surface area (Å²) < 4.78 is 2.14. The second kappa shape index (κ2) is 7.73. The van der Waals surface area contributed by atoms with Gasteiger partial charge in [0.15, 0.2) is 0 Å². The number of rotatable bonds is 5. The van der Waals surface area contributed by atoms with Crippen LogP contribution in [0.3, 0.4) is 0 Å². The van der Waals surface area contributed by atoms with Crippen LogP contribution in [-0.4, -0.2) is 25.5 Å². The number of aryl methyl sites for hydroxylation is 2. The van der Waals surface area contributed by atoms with Gasteiger partial charge in [0.25, 0.3) is 0 Å². The Labute approximate surface area is 181 Å². The Kier molecular flexibility index (Phi) is 5.05. The van der Waals surface area contributed by atoms with E-state index in [2.05, 4.69) is 29.6 Å². The molecule has 3 aromatic rings. The van der Waals surface area contributed by atoms with E-state index in [9.17, 15) is 4.79 Å². The molecule has 0 N–H and O–H groups in total. The zero-order chi connectivity index (χ0) is 20.8. The summed E-state index contributed by atoms with van der Waals surface area (Å²) in [6.45, 7) is 6.35. The fourth-order valence-corrected chi connectivity index (χ4v) is 5.96. The Bertz CT molecular complexity index is 1090. The lowest BCUT2D eigenvalue weighted by Gasteiger charge is -2.16. The maximum atomic E-state index is 12.7. The van der Waals surface area contributed by atoms with E-state index in [1.165, 1.54) is 29.0 Å². The largest absolute Gasteiger partial charge is 0.299 e. The Morgan fingerprint density at radius 2 is 2.03 bits per heavy atom. The molecule has 5 nitrogen and oxygen atoms in total. The van der Waals surface area contributed by atoms with Gasteiger partial charge in [-0.25, -0.2) is 4.98 Å². The van der Waals surface area contributed by atoms with E-state index in [1.54, 1.807) is 11.3 Å². The summed E-state index contributed by atoms with van der Waals surface area (Å²) in [5.74, 6) is 0.630. The van der Waals surface area contributed by atoms with Crippen molar-refractivity contribution >= 4 is 17.1 Å². The third-order valence-corrected chi connectivity index (χ3v) is 7.49. The number of carbonyl (C=O) groups excluding carboxylic acids is 1. The molecule has 0 bridgehead atoms. The Balaban J connectivity index is 1.54. The Morgan fingerprint density at radius 3 is 2.73 bits per heavy atom. The average molecular weight is 421 g/mol. The molecule has 0 unspecified atom stereocenters. The Morgan fingerprint density at radius 1 is 1.23 bits per heavy atom. The zero-order valence-electron chi connectivity index (χ0n) is 17.9. The maximum Gasteiger partial charge on any atom is 0.142 e. The van der Waals surface area contributed by atoms with Gasteiger partial charge in [-0.3, -0.25) is 14.5 Å². The van der Waals surface area contributed by atoms with Crippen LogP contribution in [0, 0.1) is 12.8 Å². The van der Waals surface area contributed by atoms with Gasteiger partial charge in [-0.05, 0) is 58.6 Å². The standard InChI is InChI=1S/C24H28N4OS/c1-14(2)28-23-18(22(27-28)17-9-8-15(3)25-13-17)10-11-19-24(23)30-21(26-19)12-20(29)16-6-4-5-7-16/h8-9,13-14,16H,4-7,10-12H2,1-3H3. The molecule has 5 rings (SSSR count). The number of fused-ring (bicyclic) bond motifs is 3. The van der Waals surface area contributed by atoms with Gasteiger partial charge in [0, 0.05) is 35.0 Å². The fourth-order valence-electron chi connectivity index (χ4n) is 4.78. The summed E-state index contributed by atoms with van der Waals surface area (Å²) in [6.07, 6.45) is 8.75. The third kappa shape index (κ3) is 3.41. The van der Waals surface area contributed by atoms with Gasteiger partial charge < -0.3 is 0 Å². The number of hydrogen-bond donors (Lipinski definition) is 0. The highest BCUT2D eigenvalue weighted by Crippen LogP contribution is 2.43. The van der Waals surface area contributed by atoms with E-state index in [4.69, 9.17) is 10.1 Å². The lowest BCUT2D eigenvalue weighted by molar-refractivity contribution is -0.122. The number of aromatic nitrogens is 4. The van der Waals surface area contributed by atoms with Crippen LogP contribution in [0.5, 0.6) is 0 Å². The van der Waals surface area contributed by atoms with Crippen LogP contribution in [0.15, 0.2) is 18.3 Å². The van der Waals surface area contributed by atoms with E-state index in [0.717, 1.165) is 53.3 Å². The highest BCUT2D eigenvalue weighted by atomic mass is 32.1. The minimum Gasteiger partial charge on any atom is -0.299 e. The number of pyridine rings is 1. The van der Waals surface area contributed by atoms with Gasteiger partial charge in [-0.1, -0.05) is 12.8 Å². The summed E-state index contributed by atoms with van der Waals surface area (Å²) in [5.41, 5.74) is 6.74. The second-order valence-corrected chi connectivity index (χ2v) is 9.99. The summed E-state index contributed by atoms with van der Waals surface area (Å²) >= 11 is 1.70. The van der Waals surface area contributed by atoms with Crippen LogP contribution in [0.1, 0.15) is 67.5 Å². The van der Waals surface area contributed by atoms with Crippen molar-refractivity contribution in [3.05, 3.63) is 40.3 Å². The second-order valence-electron chi connectivity index (χ2n) is 8.91. The molecule has 2 aliphatic carbocycles. The first-order valence-electron chi connectivity index (χ1n) is 11.1. The molecule has 2 aliphatic rings. The molecule has 0 atom stereocenters. The van der Waals surface area contributed by atoms with Crippen LogP contribution in [0.2, 0.25) is 0 Å². The molecule has 30 heavy (non-hydrogen) atoms. The molecule has 0 aromatic carbocycles. The molecule has 1 saturated carbocycles. The van der Waals surface area contributed by atoms with Crippen LogP contribution in [-0.2, 0) is 24.1 Å². The monoisotopic (exact) mass is 420 g/mol. The molecular weight excluding hydrogens is 392 g/mol. The first-order chi connectivity index (χ1) is 14.5. The highest BCUT2D eigenvalue weighted by molar-refractivity contribution is 7.15. The normalized spacial score (nSPS) is 16.1. The SMILES string of the molecule is Cc1ccc(-c2nn(C(C)C)c3c2CCc2nc(CC(=O)C4CCCC4)sc2-3)cn1. The van der Waals surface area contributed by atoms with Crippen LogP contribution in [0.4, 0.5) is 0 Å². The first-order valence-corrected chi connectivity index (χ1v) is 11.9. The van der Waals surface area contributed by atoms with Gasteiger partial charge in [-0.15, -0.1) is 11.3 Å². The molecule has 0 radical (unpaired) electrons. The molecule has 6 heteroatoms. The molecule has 1 fully saturated rings. The number of ketones is 1. The quantitative estimate of drug-likeness (QED) is 0.558. The van der Waals surface area contributed by atoms with Gasteiger partial charge in [0.05, 0.1) is 28.4 Å². The van der Waals surface area contributed by atoms with Crippen LogP contribution < -0.4 is 0 Å². The predicted molar refractivity (Wildman–Crippen MR) is 120 cm³/mol. The van der Waals surface area contributed by atoms with Crippen LogP contribution in [0.25, 0.3) is 21.8 Å². The topological polar surface area (TPSA) is 60.7 Å². The minimum absolute atomic E-state index is 0.252. The van der Waals surface area contributed by atoms with Crippen molar-refractivity contribution in [2.75, 3.05) is 0 Å². The van der Waals surface area contributed by atoms with E-state index in [-0.39, 0.29) is 12.0 Å². The molecule has 0 saturated heterocycles. The van der Waals surface area contributed by atoms with E-state index in [0.29, 0.717) is 12.2 Å². The zero-order valence-corrected chi connectivity index (χ0v) is 18.8. The number of Topliss-reactive ketones (excluding diaryl/α,β-unsaturated/α-hetero) is 1. The summed E-state index contributed by atoms with van der Waals surface area (Å²) in [7, 11) is 0. The number of carbonyl (C=O) groups is 1. The highest BCUT2D eigenvalue weighted by Gasteiger charge is 2.31. The van der Waals surface area contributed by atoms with Crippen LogP contribution >= 0.6 is 11.3 Å². The molecule has 156 valence electrons. The van der Waals surface area contributed by atoms with E-state index >= 15 is 0 Å². The molecule has 3 aromatic heterocycles. The van der Waals surface area contributed by atoms with Crippen molar-refractivity contribution in [3.8, 4) is 21.8 Å². The Hall–Kier alpha value is -2.34. The molecular formula is C24H28N4OS. The van der Waals surface area contributed by atoms with E-state index < -0.39 is 0 Å². The van der Waals surface area contributed by atoms with Crippen molar-refractivity contribution in [1.29, 1.82) is 0 Å². The van der Waals surface area contributed by atoms with Crippen molar-refractivity contribution in [1.82, 2.24) is 19.7 Å². The summed E-state index contributed by atoms with van der Waals surface area (Å²) in [4.78, 5) is 23.3. The van der Waals surface area contributed by atoms with Gasteiger partial charge >= 0.3 is 0 Å². The lowest BCUT2D eigenvalue weighted by Crippen LogP contribution is -2.13. The number of hydrogen-bond acceptors (Lipinski definition) is 5. The number of thiazole rings is 1. The molecule has 0 amide bonds. The summed E-state index contributed by atoms with van der Waals surface area (Å²) in [6, 6.07) is 4.41. The van der Waals surface area contributed by atoms with Crippen molar-refractivity contribution in [2.24, 2.45) is 5.92 Å². The lowest BCUT2D eigenvalue weighted by atomic mass is 9.95. The van der Waals surface area contributed by atoms with Crippen molar-refractivity contribution in [3.63, 3.8) is 0 Å².